The number of benzene rings is 2. The topological polar surface area (TPSA) is 91.1 Å². The fourth-order valence-corrected chi connectivity index (χ4v) is 4.15. The minimum absolute atomic E-state index is 0.0167. The number of aromatic nitrogens is 1. The van der Waals surface area contributed by atoms with Crippen LogP contribution < -0.4 is 4.74 Å². The second kappa shape index (κ2) is 12.4. The molecule has 1 amide bonds. The van der Waals surface area contributed by atoms with Gasteiger partial charge in [-0.1, -0.05) is 59.8 Å². The van der Waals surface area contributed by atoms with Crippen LogP contribution in [0.5, 0.6) is 5.75 Å². The molecule has 1 aromatic heterocycles. The Hall–Kier alpha value is -3.91. The number of nitrogens with zero attached hydrogens (tertiary/aromatic N) is 2. The van der Waals surface area contributed by atoms with Crippen molar-refractivity contribution in [1.29, 1.82) is 0 Å². The average molecular weight is 505 g/mol. The largest absolute Gasteiger partial charge is 0.489 e. The van der Waals surface area contributed by atoms with Crippen molar-refractivity contribution in [1.82, 2.24) is 10.1 Å². The molecule has 2 heterocycles. The summed E-state index contributed by atoms with van der Waals surface area (Å²) in [5, 5.41) is 3.82. The summed E-state index contributed by atoms with van der Waals surface area (Å²) in [4.78, 5) is 27.1. The van der Waals surface area contributed by atoms with Gasteiger partial charge in [0.05, 0.1) is 24.8 Å². The molecule has 37 heavy (non-hydrogen) atoms. The fraction of sp³-hybridized carbons (Fsp3) is 0.345. The summed E-state index contributed by atoms with van der Waals surface area (Å²) in [6, 6.07) is 16.9. The molecule has 1 fully saturated rings. The fourth-order valence-electron chi connectivity index (χ4n) is 4.15. The average Bonchev–Trinajstić information content (AvgIpc) is 3.52. The summed E-state index contributed by atoms with van der Waals surface area (Å²) in [5.74, 6) is 0.519. The molecule has 8 nitrogen and oxygen atoms in total. The Kier molecular flexibility index (Phi) is 8.74. The lowest BCUT2D eigenvalue weighted by Gasteiger charge is -2.22. The van der Waals surface area contributed by atoms with E-state index in [-0.39, 0.29) is 31.6 Å². The molecular formula is C29H32N2O6. The Labute approximate surface area is 216 Å². The standard InChI is InChI=1S/C29H32N2O6/c1-4-13-34-29(33)27-15-26(17-31(27)28(32)16-25-14-21(3)30-37-25)36-19-23-9-11-24(12-10-23)35-18-22-7-5-20(2)6-8-22/h4-12,14,26-27H,1,13,15-19H2,2-3H3. The predicted molar refractivity (Wildman–Crippen MR) is 137 cm³/mol. The zero-order valence-electron chi connectivity index (χ0n) is 21.2. The van der Waals surface area contributed by atoms with E-state index in [0.717, 1.165) is 16.9 Å². The highest BCUT2D eigenvalue weighted by molar-refractivity contribution is 5.86. The minimum Gasteiger partial charge on any atom is -0.489 e. The number of hydrogen-bond donors (Lipinski definition) is 0. The number of amides is 1. The second-order valence-electron chi connectivity index (χ2n) is 9.18. The highest BCUT2D eigenvalue weighted by Crippen LogP contribution is 2.25. The lowest BCUT2D eigenvalue weighted by atomic mass is 10.1. The zero-order chi connectivity index (χ0) is 26.2. The number of carbonyl (C=O) groups excluding carboxylic acids is 2. The monoisotopic (exact) mass is 504 g/mol. The van der Waals surface area contributed by atoms with E-state index < -0.39 is 12.0 Å². The molecule has 0 spiro atoms. The molecule has 0 radical (unpaired) electrons. The summed E-state index contributed by atoms with van der Waals surface area (Å²) >= 11 is 0. The SMILES string of the molecule is C=CCOC(=O)C1CC(OCc2ccc(OCc3ccc(C)cc3)cc2)CN1C(=O)Cc1cc(C)no1. The third kappa shape index (κ3) is 7.30. The molecule has 3 aromatic rings. The Morgan fingerprint density at radius 3 is 2.46 bits per heavy atom. The zero-order valence-corrected chi connectivity index (χ0v) is 21.2. The number of esters is 1. The highest BCUT2D eigenvalue weighted by atomic mass is 16.5. The number of aryl methyl sites for hydroxylation is 2. The van der Waals surface area contributed by atoms with E-state index in [9.17, 15) is 9.59 Å². The first kappa shape index (κ1) is 26.2. The van der Waals surface area contributed by atoms with Crippen molar-refractivity contribution in [3.05, 3.63) is 95.4 Å². The molecular weight excluding hydrogens is 472 g/mol. The van der Waals surface area contributed by atoms with Gasteiger partial charge in [0, 0.05) is 19.0 Å². The van der Waals surface area contributed by atoms with Crippen molar-refractivity contribution in [2.75, 3.05) is 13.2 Å². The van der Waals surface area contributed by atoms with Gasteiger partial charge in [-0.05, 0) is 37.1 Å². The van der Waals surface area contributed by atoms with Crippen molar-refractivity contribution < 1.29 is 28.3 Å². The van der Waals surface area contributed by atoms with Crippen LogP contribution >= 0.6 is 0 Å². The second-order valence-corrected chi connectivity index (χ2v) is 9.18. The predicted octanol–water partition coefficient (Wildman–Crippen LogP) is 4.33. The summed E-state index contributed by atoms with van der Waals surface area (Å²) in [7, 11) is 0. The van der Waals surface area contributed by atoms with E-state index in [2.05, 4.69) is 42.9 Å². The molecule has 1 aliphatic rings. The van der Waals surface area contributed by atoms with E-state index in [0.29, 0.717) is 31.1 Å². The molecule has 2 aromatic carbocycles. The molecule has 0 bridgehead atoms. The maximum Gasteiger partial charge on any atom is 0.329 e. The van der Waals surface area contributed by atoms with Crippen LogP contribution in [0.25, 0.3) is 0 Å². The number of carbonyl (C=O) groups is 2. The number of likely N-dealkylation sites (tertiary alicyclic amines) is 1. The molecule has 1 aliphatic heterocycles. The van der Waals surface area contributed by atoms with Gasteiger partial charge in [0.15, 0.2) is 0 Å². The number of hydrogen-bond acceptors (Lipinski definition) is 7. The molecule has 0 N–H and O–H groups in total. The van der Waals surface area contributed by atoms with E-state index in [4.69, 9.17) is 18.7 Å². The molecule has 0 saturated carbocycles. The molecule has 2 unspecified atom stereocenters. The smallest absolute Gasteiger partial charge is 0.329 e. The van der Waals surface area contributed by atoms with Gasteiger partial charge in [-0.2, -0.15) is 0 Å². The van der Waals surface area contributed by atoms with E-state index in [1.54, 1.807) is 13.0 Å². The van der Waals surface area contributed by atoms with Gasteiger partial charge in [-0.25, -0.2) is 4.79 Å². The summed E-state index contributed by atoms with van der Waals surface area (Å²) in [6.07, 6.45) is 1.56. The van der Waals surface area contributed by atoms with Crippen molar-refractivity contribution >= 4 is 11.9 Å². The number of ether oxygens (including phenoxy) is 3. The van der Waals surface area contributed by atoms with Gasteiger partial charge < -0.3 is 23.6 Å². The van der Waals surface area contributed by atoms with Gasteiger partial charge in [0.25, 0.3) is 0 Å². The van der Waals surface area contributed by atoms with Crippen molar-refractivity contribution in [2.45, 2.75) is 52.0 Å². The van der Waals surface area contributed by atoms with Crippen LogP contribution in [-0.4, -0.2) is 47.2 Å². The Bertz CT molecular complexity index is 1200. The maximum absolute atomic E-state index is 13.0. The van der Waals surface area contributed by atoms with Crippen LogP contribution in [0, 0.1) is 13.8 Å². The van der Waals surface area contributed by atoms with Gasteiger partial charge in [-0.15, -0.1) is 0 Å². The van der Waals surface area contributed by atoms with E-state index >= 15 is 0 Å². The molecule has 0 aliphatic carbocycles. The van der Waals surface area contributed by atoms with Crippen LogP contribution in [0.15, 0.2) is 71.8 Å². The Balaban J connectivity index is 1.32. The first-order valence-electron chi connectivity index (χ1n) is 12.3. The molecule has 4 rings (SSSR count). The van der Waals surface area contributed by atoms with E-state index in [1.807, 2.05) is 24.3 Å². The third-order valence-corrected chi connectivity index (χ3v) is 6.14. The minimum atomic E-state index is -0.723. The summed E-state index contributed by atoms with van der Waals surface area (Å²) in [6.45, 7) is 8.64. The first-order chi connectivity index (χ1) is 17.9. The van der Waals surface area contributed by atoms with Crippen molar-refractivity contribution in [3.8, 4) is 5.75 Å². The van der Waals surface area contributed by atoms with Crippen LogP contribution in [-0.2, 0) is 38.7 Å². The van der Waals surface area contributed by atoms with Crippen molar-refractivity contribution in [2.24, 2.45) is 0 Å². The molecule has 2 atom stereocenters. The van der Waals surface area contributed by atoms with Gasteiger partial charge in [-0.3, -0.25) is 4.79 Å². The summed E-state index contributed by atoms with van der Waals surface area (Å²) < 4.78 is 22.4. The maximum atomic E-state index is 13.0. The van der Waals surface area contributed by atoms with Crippen LogP contribution in [0.4, 0.5) is 0 Å². The molecule has 1 saturated heterocycles. The normalized spacial score (nSPS) is 17.0. The quantitative estimate of drug-likeness (QED) is 0.284. The lowest BCUT2D eigenvalue weighted by molar-refractivity contribution is -0.152. The van der Waals surface area contributed by atoms with Crippen LogP contribution in [0.2, 0.25) is 0 Å². The van der Waals surface area contributed by atoms with Gasteiger partial charge in [0.1, 0.15) is 30.8 Å². The number of rotatable bonds is 11. The van der Waals surface area contributed by atoms with Gasteiger partial charge >= 0.3 is 5.97 Å². The summed E-state index contributed by atoms with van der Waals surface area (Å²) in [5.41, 5.74) is 3.99. The third-order valence-electron chi connectivity index (χ3n) is 6.14. The van der Waals surface area contributed by atoms with Crippen molar-refractivity contribution in [3.63, 3.8) is 0 Å². The van der Waals surface area contributed by atoms with Crippen LogP contribution in [0.3, 0.4) is 0 Å². The highest BCUT2D eigenvalue weighted by Gasteiger charge is 2.41. The van der Waals surface area contributed by atoms with Gasteiger partial charge in [0.2, 0.25) is 5.91 Å². The molecule has 8 heteroatoms. The van der Waals surface area contributed by atoms with E-state index in [1.165, 1.54) is 16.5 Å². The Morgan fingerprint density at radius 1 is 1.08 bits per heavy atom. The Morgan fingerprint density at radius 2 is 1.78 bits per heavy atom. The first-order valence-corrected chi connectivity index (χ1v) is 12.3. The van der Waals surface area contributed by atoms with Crippen LogP contribution in [0.1, 0.15) is 34.6 Å². The lowest BCUT2D eigenvalue weighted by Crippen LogP contribution is -2.42. The molecule has 194 valence electrons.